The van der Waals surface area contributed by atoms with Crippen molar-refractivity contribution >= 4 is 137 Å². The summed E-state index contributed by atoms with van der Waals surface area (Å²) >= 11 is 2.06. The molecular formula is C81H74N15NaO19SV. The van der Waals surface area contributed by atoms with Crippen molar-refractivity contribution in [2.24, 2.45) is 40.9 Å². The number of hydrogen-bond donors (Lipinski definition) is 15. The van der Waals surface area contributed by atoms with E-state index in [1.165, 1.54) is 60.7 Å². The van der Waals surface area contributed by atoms with Gasteiger partial charge in [-0.3, -0.25) is 5.32 Å². The smallest absolute Gasteiger partial charge is 1.00 e. The SMILES string of the molecule is Cc1cc2c[c-]cc(N)c2c(O)c1N=Nc1ccccc1.Nc1ccc(N=Nc2ccccc2)c(N)n1.O=C(Nc1ccccn1)Oc1ccc(N=Nc2ccc(O)c(C(=O)O)c2)cc1.O=C(O)c1cc(C=Cc2ccc(O)c(C(O)O)c2)ccc1O.O=C(O)c1ccccc1N=Nc1ccc(N(CCO)CCO)cc1.O=S(=O)=O.[CH2]=[V].[Na+]. The summed E-state index contributed by atoms with van der Waals surface area (Å²) in [5.74, 6) is -3.08. The van der Waals surface area contributed by atoms with Gasteiger partial charge in [0.25, 0.3) is 0 Å². The minimum absolute atomic E-state index is 0. The van der Waals surface area contributed by atoms with E-state index in [9.17, 15) is 39.6 Å². The second-order valence-electron chi connectivity index (χ2n) is 23.2. The first-order valence-corrected chi connectivity index (χ1v) is 35.9. The van der Waals surface area contributed by atoms with Gasteiger partial charge in [-0.25, -0.2) is 29.1 Å². The predicted molar refractivity (Wildman–Crippen MR) is 434 cm³/mol. The van der Waals surface area contributed by atoms with Gasteiger partial charge in [0.2, 0.25) is 0 Å². The molecule has 18 N–H and O–H groups in total. The Bertz CT molecular complexity index is 5610. The molecule has 0 saturated heterocycles. The standard InChI is InChI=1S/C19H14N4O5.C17H19N3O4.C17H14N3O.C16H14O6.C11H11N5.CH2.Na.O3S.V/c24-16-9-6-13(11-15(16)18(25)26)23-22-12-4-7-14(8-5-12)28-19(27)21-17-3-1-2-10-20-17;21-11-9-20(10-12-22)14-7-5-13(6-8-14)18-19-16-4-2-1-3-15(16)17(23)24;1-11-10-12-6-5-9-14(18)15(12)17(21)16(11)20-19-13-7-3-2-4-8-13;17-13-5-3-9(7-11(13)15(19)20)1-2-10-4-6-14(18)12(8-10)16(21)22;12-10-7-6-9(11(13)14-10)16-15-8-4-2-1-3-5-8;;;1-4(2)3;/h1-11,24H,(H,25,26)(H,20,21,27);1-8,21-22H,9-12H2,(H,23,24);2-4,6-10,21H,18H2,1H3;1-8,15,17-20H,(H,21,22);1-7H,(H4,12,13,14);1H2;;;/q;;-1;;;;+1;;. The van der Waals surface area contributed by atoms with E-state index in [-0.39, 0.29) is 105 Å². The van der Waals surface area contributed by atoms with E-state index in [2.05, 4.69) is 84.5 Å². The minimum atomic E-state index is -3.11. The summed E-state index contributed by atoms with van der Waals surface area (Å²) in [4.78, 5) is 54.6. The Kier molecular flexibility index (Phi) is 39.6. The normalized spacial score (nSPS) is 10.5. The number of aryl methyl sites for hydroxylation is 1. The molecule has 0 atom stereocenters. The molecule has 0 saturated carbocycles. The molecule has 0 unspecified atom stereocenters. The molecule has 34 nitrogen and oxygen atoms in total. The molecule has 2 heterocycles. The van der Waals surface area contributed by atoms with Gasteiger partial charge >= 0.3 is 86.4 Å². The molecule has 118 heavy (non-hydrogen) atoms. The van der Waals surface area contributed by atoms with E-state index < -0.39 is 40.9 Å². The number of amides is 1. The Labute approximate surface area is 705 Å². The van der Waals surface area contributed by atoms with Gasteiger partial charge in [0.15, 0.2) is 12.1 Å². The minimum Gasteiger partial charge on any atom is 1.00 e. The van der Waals surface area contributed by atoms with Gasteiger partial charge in [0.05, 0.1) is 47.2 Å². The number of phenols is 4. The first kappa shape index (κ1) is 94.5. The van der Waals surface area contributed by atoms with Crippen molar-refractivity contribution < 1.29 is 139 Å². The summed E-state index contributed by atoms with van der Waals surface area (Å²) < 4.78 is 30.5. The number of aliphatic hydroxyl groups is 4. The van der Waals surface area contributed by atoms with Crippen LogP contribution in [0.2, 0.25) is 0 Å². The zero-order valence-corrected chi connectivity index (χ0v) is 66.8. The zero-order valence-electron chi connectivity index (χ0n) is 62.6. The van der Waals surface area contributed by atoms with Crippen molar-refractivity contribution in [3.05, 3.63) is 288 Å². The second kappa shape index (κ2) is 49.5. The van der Waals surface area contributed by atoms with Crippen molar-refractivity contribution in [3.8, 4) is 28.7 Å². The number of nitrogen functional groups attached to an aromatic ring is 3. The summed E-state index contributed by atoms with van der Waals surface area (Å²) in [7, 11) is -3.11. The molecule has 0 fully saturated rings. The van der Waals surface area contributed by atoms with Crippen LogP contribution in [0.15, 0.2) is 284 Å². The first-order chi connectivity index (χ1) is 56.2. The fourth-order valence-corrected chi connectivity index (χ4v) is 9.66. The van der Waals surface area contributed by atoms with E-state index in [1.54, 1.807) is 115 Å². The molecule has 0 radical (unpaired) electrons. The third-order valence-electron chi connectivity index (χ3n) is 15.1. The largest absolute Gasteiger partial charge is 1.00 e. The molecule has 12 aromatic rings. The number of rotatable bonds is 21. The number of aromatic nitrogens is 2. The molecule has 0 aliphatic heterocycles. The summed E-state index contributed by atoms with van der Waals surface area (Å²) in [6, 6.07) is 67.5. The molecule has 0 spiro atoms. The number of ether oxygens (including phenoxy) is 1. The number of nitrogens with two attached hydrogens (primary N) is 3. The van der Waals surface area contributed by atoms with Crippen LogP contribution in [-0.2, 0) is 27.6 Å². The van der Waals surface area contributed by atoms with Crippen LogP contribution < -0.4 is 61.7 Å². The number of aromatic carboxylic acids is 3. The number of fused-ring (bicyclic) bond motifs is 1. The number of carbonyl (C=O) groups excluding carboxylic acids is 1. The Balaban J connectivity index is 0.000000260. The van der Waals surface area contributed by atoms with Crippen LogP contribution in [0.25, 0.3) is 22.9 Å². The van der Waals surface area contributed by atoms with Crippen LogP contribution in [0.3, 0.4) is 0 Å². The number of carboxylic acids is 3. The number of nitrogens with zero attached hydrogens (tertiary/aromatic N) is 11. The Hall–Kier alpha value is -14.1. The van der Waals surface area contributed by atoms with E-state index >= 15 is 0 Å². The molecular weight excluding hydrogens is 1590 g/mol. The Morgan fingerprint density at radius 2 is 1.03 bits per heavy atom. The van der Waals surface area contributed by atoms with Crippen molar-refractivity contribution in [1.82, 2.24) is 9.97 Å². The van der Waals surface area contributed by atoms with Crippen molar-refractivity contribution in [3.63, 3.8) is 0 Å². The maximum atomic E-state index is 11.8. The number of aromatic hydroxyl groups is 4. The van der Waals surface area contributed by atoms with E-state index in [1.807, 2.05) is 90.7 Å². The predicted octanol–water partition coefficient (Wildman–Crippen LogP) is 12.3. The van der Waals surface area contributed by atoms with Gasteiger partial charge in [-0.2, -0.15) is 43.8 Å². The van der Waals surface area contributed by atoms with E-state index in [0.29, 0.717) is 75.4 Å². The van der Waals surface area contributed by atoms with Gasteiger partial charge in [-0.15, -0.1) is 39.4 Å². The van der Waals surface area contributed by atoms with Gasteiger partial charge < -0.3 is 83.0 Å². The van der Waals surface area contributed by atoms with Crippen LogP contribution in [0.4, 0.5) is 79.1 Å². The second-order valence-corrected chi connectivity index (χ2v) is 23.6. The fraction of sp³-hybridized carbons (Fsp3) is 0.0741. The monoisotopic (exact) mass is 1670 g/mol. The third kappa shape index (κ3) is 31.4. The Morgan fingerprint density at radius 3 is 1.58 bits per heavy atom. The van der Waals surface area contributed by atoms with Crippen molar-refractivity contribution in [2.45, 2.75) is 13.2 Å². The topological polar surface area (TPSA) is 569 Å². The quantitative estimate of drug-likeness (QED) is 0.00793. The average molecular weight is 1670 g/mol. The number of aliphatic hydroxyl groups excluding tert-OH is 3. The number of carboxylic acid groups (broad SMARTS) is 3. The number of anilines is 5. The molecule has 0 aliphatic carbocycles. The molecule has 10 aromatic carbocycles. The van der Waals surface area contributed by atoms with Crippen molar-refractivity contribution in [2.75, 3.05) is 53.7 Å². The van der Waals surface area contributed by atoms with Gasteiger partial charge in [0, 0.05) is 30.5 Å². The molecule has 37 heteroatoms. The zero-order chi connectivity index (χ0) is 85.3. The molecule has 12 rings (SSSR count). The molecule has 1 amide bonds. The molecule has 2 aromatic heterocycles. The van der Waals surface area contributed by atoms with E-state index in [0.717, 1.165) is 28.0 Å². The maximum absolute atomic E-state index is 11.8. The Morgan fingerprint density at radius 1 is 0.551 bits per heavy atom. The van der Waals surface area contributed by atoms with Crippen LogP contribution in [-0.4, -0.2) is 134 Å². The van der Waals surface area contributed by atoms with Crippen LogP contribution in [0.1, 0.15) is 59.6 Å². The van der Waals surface area contributed by atoms with Crippen LogP contribution in [0, 0.1) is 13.0 Å². The maximum Gasteiger partial charge on any atom is 1.00 e. The third-order valence-corrected chi connectivity index (χ3v) is 15.1. The molecule has 599 valence electrons. The summed E-state index contributed by atoms with van der Waals surface area (Å²) in [5.41, 5.74) is 23.9. The first-order valence-electron chi connectivity index (χ1n) is 33.9. The van der Waals surface area contributed by atoms with E-state index in [4.69, 9.17) is 70.3 Å². The number of nitrogens with one attached hydrogen (secondary N) is 1. The number of phenolic OH excluding ortho intramolecular Hbond substituents is 2. The molecule has 0 aliphatic rings. The molecule has 0 bridgehead atoms. The van der Waals surface area contributed by atoms with Gasteiger partial charge in [0.1, 0.15) is 68.6 Å². The number of azo groups is 4. The number of carbonyl (C=O) groups is 4. The fourth-order valence-electron chi connectivity index (χ4n) is 9.66. The summed E-state index contributed by atoms with van der Waals surface area (Å²) in [6.45, 7) is 2.71. The summed E-state index contributed by atoms with van der Waals surface area (Å²) in [6.07, 6.45) is 2.29. The van der Waals surface area contributed by atoms with Gasteiger partial charge in [-0.05, 0) is 175 Å². The summed E-state index contributed by atoms with van der Waals surface area (Å²) in [5, 5.41) is 142. The number of benzene rings is 10. The van der Waals surface area contributed by atoms with Crippen molar-refractivity contribution in [1.29, 1.82) is 0 Å². The van der Waals surface area contributed by atoms with Gasteiger partial charge in [-0.1, -0.05) is 90.0 Å². The number of pyridine rings is 2. The van der Waals surface area contributed by atoms with Crippen LogP contribution >= 0.6 is 0 Å². The average Bonchev–Trinajstić information content (AvgIpc) is 0.782. The number of hydrogen-bond acceptors (Lipinski definition) is 30. The van der Waals surface area contributed by atoms with Crippen LogP contribution in [0.5, 0.6) is 28.7 Å².